The van der Waals surface area contributed by atoms with Crippen molar-refractivity contribution in [3.05, 3.63) is 0 Å². The number of likely N-dealkylation sites (N-methyl/N-ethyl adjacent to an activating group) is 2. The summed E-state index contributed by atoms with van der Waals surface area (Å²) in [5, 5.41) is 8.95. The molecule has 12 heteroatoms. The van der Waals surface area contributed by atoms with Crippen LogP contribution in [-0.4, -0.2) is 177 Å². The molecule has 3 radical (unpaired) electrons. The summed E-state index contributed by atoms with van der Waals surface area (Å²) in [6.07, 6.45) is 2.87. The molecule has 0 aromatic heterocycles. The molecule has 34 heavy (non-hydrogen) atoms. The van der Waals surface area contributed by atoms with Crippen molar-refractivity contribution in [2.24, 2.45) is 0 Å². The van der Waals surface area contributed by atoms with Crippen LogP contribution >= 0.6 is 11.8 Å². The van der Waals surface area contributed by atoms with Crippen molar-refractivity contribution in [3.63, 3.8) is 0 Å². The van der Waals surface area contributed by atoms with E-state index >= 15 is 0 Å². The molecule has 10 nitrogen and oxygen atoms in total. The Bertz CT molecular complexity index is 701. The second-order valence-electron chi connectivity index (χ2n) is 9.01. The third kappa shape index (κ3) is 10.9. The minimum Gasteiger partial charge on any atom is -0.480 e. The second kappa shape index (κ2) is 16.2. The van der Waals surface area contributed by atoms with Gasteiger partial charge in [-0.3, -0.25) is 33.9 Å². The maximum Gasteiger partial charge on any atom is 0.317 e. The molecule has 1 unspecified atom stereocenters. The number of carbonyl (C=O) groups excluding carboxylic acids is 3. The van der Waals surface area contributed by atoms with Crippen LogP contribution in [0.3, 0.4) is 0 Å². The van der Waals surface area contributed by atoms with E-state index in [1.807, 2.05) is 18.2 Å². The Morgan fingerprint density at radius 1 is 0.912 bits per heavy atom. The van der Waals surface area contributed by atoms with Gasteiger partial charge < -0.3 is 14.9 Å². The maximum absolute atomic E-state index is 12.7. The average Bonchev–Trinajstić information content (AvgIpc) is 3.03. The normalized spacial score (nSPS) is 22.8. The summed E-state index contributed by atoms with van der Waals surface area (Å²) in [6, 6.07) is 0. The first kappa shape index (κ1) is 31.4. The van der Waals surface area contributed by atoms with E-state index in [-0.39, 0.29) is 61.7 Å². The fourth-order valence-electron chi connectivity index (χ4n) is 4.04. The number of nitrogens with zero attached hydrogens (tertiary/aromatic N) is 5. The Balaban J connectivity index is 0.00000578. The quantitative estimate of drug-likeness (QED) is 0.334. The van der Waals surface area contributed by atoms with Gasteiger partial charge in [0, 0.05) is 97.6 Å². The van der Waals surface area contributed by atoms with Crippen LogP contribution in [0.5, 0.6) is 0 Å². The number of carboxylic acids is 1. The molecule has 0 saturated carbocycles. The maximum atomic E-state index is 12.7. The van der Waals surface area contributed by atoms with E-state index in [1.165, 1.54) is 16.7 Å². The third-order valence-electron chi connectivity index (χ3n) is 6.28. The molecule has 1 atom stereocenters. The molecule has 2 rings (SSSR count). The molecule has 2 amide bonds. The molecule has 2 saturated heterocycles. The number of Topliss-reactive ketones (excluding diaryl/α,β-unsaturated/α-hetero) is 1. The van der Waals surface area contributed by atoms with Crippen molar-refractivity contribution in [1.29, 1.82) is 0 Å². The Hall–Kier alpha value is -0.660. The molecule has 2 heterocycles. The molecule has 2 aliphatic rings. The number of amides is 2. The molecule has 0 aromatic carbocycles. The molecule has 191 valence electrons. The molecule has 0 aliphatic carbocycles. The van der Waals surface area contributed by atoms with E-state index in [9.17, 15) is 24.3 Å². The summed E-state index contributed by atoms with van der Waals surface area (Å²) in [5.74, 6) is -1.06. The van der Waals surface area contributed by atoms with Crippen LogP contribution in [0.1, 0.15) is 19.3 Å². The van der Waals surface area contributed by atoms with Crippen molar-refractivity contribution in [3.8, 4) is 0 Å². The van der Waals surface area contributed by atoms with Crippen LogP contribution in [0.2, 0.25) is 0 Å². The minimum atomic E-state index is -0.846. The largest absolute Gasteiger partial charge is 0.480 e. The number of carbonyl (C=O) groups is 4. The van der Waals surface area contributed by atoms with Gasteiger partial charge in [-0.15, -0.1) is 0 Å². The number of thioether (sulfide) groups is 1. The van der Waals surface area contributed by atoms with Gasteiger partial charge in [-0.05, 0) is 26.8 Å². The van der Waals surface area contributed by atoms with E-state index < -0.39 is 5.97 Å². The molecule has 0 bridgehead atoms. The van der Waals surface area contributed by atoms with Gasteiger partial charge in [0.05, 0.1) is 18.3 Å². The fourth-order valence-corrected chi connectivity index (χ4v) is 4.68. The van der Waals surface area contributed by atoms with E-state index in [4.69, 9.17) is 0 Å². The Morgan fingerprint density at radius 2 is 1.41 bits per heavy atom. The summed E-state index contributed by atoms with van der Waals surface area (Å²) in [6.45, 7) is 6.62. The number of hydrogen-bond donors (Lipinski definition) is 1. The second-order valence-corrected chi connectivity index (χ2v) is 10.0. The van der Waals surface area contributed by atoms with Crippen molar-refractivity contribution in [1.82, 2.24) is 24.5 Å². The summed E-state index contributed by atoms with van der Waals surface area (Å²) in [5.41, 5.74) is 0. The SMILES string of the molecule is CSC1CC(=O)N(CCCC(=O)CN2CCN(C)CCN(C)CCN(CC(=O)O)CC2)C1=O.[111In]. The molecule has 2 aliphatic heterocycles. The van der Waals surface area contributed by atoms with Gasteiger partial charge in [0.15, 0.2) is 0 Å². The Labute approximate surface area is 226 Å². The molecule has 1 N–H and O–H groups in total. The third-order valence-corrected chi connectivity index (χ3v) is 7.21. The van der Waals surface area contributed by atoms with Gasteiger partial charge in [0.2, 0.25) is 11.8 Å². The fraction of sp³-hybridized carbons (Fsp3) is 0.818. The Morgan fingerprint density at radius 3 is 1.91 bits per heavy atom. The number of ketones is 1. The van der Waals surface area contributed by atoms with Gasteiger partial charge in [-0.2, -0.15) is 11.8 Å². The zero-order chi connectivity index (χ0) is 24.4. The summed E-state index contributed by atoms with van der Waals surface area (Å²) in [7, 11) is 4.12. The number of hydrogen-bond acceptors (Lipinski definition) is 9. The zero-order valence-corrected chi connectivity index (χ0v) is 24.9. The first-order valence-electron chi connectivity index (χ1n) is 11.6. The standard InChI is InChI=1S/C22H39N5O5S.In/c1-23-7-8-24(2)10-12-26(17-21(30)31)14-13-25(11-9-23)16-18(28)5-4-6-27-20(29)15-19(33-3)22(27)32;/h19H,4-17H2,1-3H3,(H,30,31);/i;1-4. The monoisotopic (exact) mass is 596 g/mol. The number of carboxylic acid groups (broad SMARTS) is 1. The summed E-state index contributed by atoms with van der Waals surface area (Å²) in [4.78, 5) is 57.9. The van der Waals surface area contributed by atoms with Crippen LogP contribution in [0.15, 0.2) is 0 Å². The smallest absolute Gasteiger partial charge is 0.317 e. The van der Waals surface area contributed by atoms with Crippen molar-refractivity contribution < 1.29 is 24.3 Å². The molecule has 0 aromatic rings. The topological polar surface area (TPSA) is 105 Å². The van der Waals surface area contributed by atoms with Crippen molar-refractivity contribution in [2.45, 2.75) is 24.5 Å². The van der Waals surface area contributed by atoms with Gasteiger partial charge in [0.25, 0.3) is 0 Å². The predicted molar refractivity (Wildman–Crippen MR) is 134 cm³/mol. The first-order chi connectivity index (χ1) is 15.7. The van der Waals surface area contributed by atoms with E-state index in [2.05, 4.69) is 21.7 Å². The first-order valence-corrected chi connectivity index (χ1v) is 12.9. The average molecular weight is 597 g/mol. The number of rotatable bonds is 9. The van der Waals surface area contributed by atoms with E-state index in [0.29, 0.717) is 45.6 Å². The van der Waals surface area contributed by atoms with Crippen LogP contribution in [0, 0.1) is 0 Å². The zero-order valence-electron chi connectivity index (χ0n) is 20.8. The summed E-state index contributed by atoms with van der Waals surface area (Å²) >= 11 is 1.39. The molecular formula is C22H39InN5O5S. The Kier molecular flexibility index (Phi) is 14.9. The molecule has 0 spiro atoms. The van der Waals surface area contributed by atoms with Gasteiger partial charge in [0.1, 0.15) is 5.78 Å². The van der Waals surface area contributed by atoms with Gasteiger partial charge in [-0.1, -0.05) is 0 Å². The van der Waals surface area contributed by atoms with Crippen LogP contribution in [-0.2, 0) is 19.2 Å². The van der Waals surface area contributed by atoms with Crippen molar-refractivity contribution >= 4 is 61.2 Å². The van der Waals surface area contributed by atoms with Gasteiger partial charge in [-0.25, -0.2) is 0 Å². The van der Waals surface area contributed by atoms with Gasteiger partial charge >= 0.3 is 5.97 Å². The predicted octanol–water partition coefficient (Wildman–Crippen LogP) is -0.989. The van der Waals surface area contributed by atoms with Crippen LogP contribution < -0.4 is 0 Å². The van der Waals surface area contributed by atoms with E-state index in [0.717, 1.165) is 32.7 Å². The van der Waals surface area contributed by atoms with Crippen LogP contribution in [0.25, 0.3) is 0 Å². The molecule has 2 fully saturated rings. The minimum absolute atomic E-state index is 0. The van der Waals surface area contributed by atoms with Crippen molar-refractivity contribution in [2.75, 3.05) is 92.3 Å². The number of aliphatic carboxylic acids is 1. The number of likely N-dealkylation sites (tertiary alicyclic amines) is 1. The van der Waals surface area contributed by atoms with E-state index in [1.54, 1.807) is 0 Å². The van der Waals surface area contributed by atoms with Crippen LogP contribution in [0.4, 0.5) is 0 Å². The summed E-state index contributed by atoms with van der Waals surface area (Å²) < 4.78 is 0. The molecular weight excluding hydrogens is 557 g/mol. The number of imide groups is 1.